The first-order valence-corrected chi connectivity index (χ1v) is 4.21. The van der Waals surface area contributed by atoms with Crippen molar-refractivity contribution >= 4 is 17.7 Å². The Kier molecular flexibility index (Phi) is 1.81. The lowest BCUT2D eigenvalue weighted by Gasteiger charge is -1.99. The van der Waals surface area contributed by atoms with Crippen LogP contribution in [-0.2, 0) is 6.42 Å². The van der Waals surface area contributed by atoms with Gasteiger partial charge in [-0.2, -0.15) is 0 Å². The Hall–Kier alpha value is -0.960. The minimum Gasteiger partial charge on any atom is -0.493 e. The molecule has 0 unspecified atom stereocenters. The summed E-state index contributed by atoms with van der Waals surface area (Å²) in [5.41, 5.74) is 1.75. The molecule has 0 atom stereocenters. The highest BCUT2D eigenvalue weighted by atomic mass is 32.1. The van der Waals surface area contributed by atoms with Crippen LogP contribution < -0.4 is 4.74 Å². The summed E-state index contributed by atoms with van der Waals surface area (Å²) < 4.78 is 5.30. The zero-order valence-electron chi connectivity index (χ0n) is 6.41. The first-order valence-electron chi connectivity index (χ1n) is 3.76. The molecule has 1 aromatic carbocycles. The van der Waals surface area contributed by atoms with Crippen molar-refractivity contribution < 1.29 is 9.53 Å². The molecule has 2 rings (SSSR count). The minimum atomic E-state index is -0.190. The van der Waals surface area contributed by atoms with Crippen molar-refractivity contribution in [3.8, 4) is 5.75 Å². The van der Waals surface area contributed by atoms with Gasteiger partial charge in [0, 0.05) is 12.0 Å². The van der Waals surface area contributed by atoms with Crippen molar-refractivity contribution in [2.75, 3.05) is 6.61 Å². The number of benzene rings is 1. The Balaban J connectivity index is 2.45. The largest absolute Gasteiger partial charge is 0.493 e. The van der Waals surface area contributed by atoms with Gasteiger partial charge in [-0.1, -0.05) is 0 Å². The van der Waals surface area contributed by atoms with Crippen LogP contribution in [0.25, 0.3) is 0 Å². The summed E-state index contributed by atoms with van der Waals surface area (Å²) >= 11 is 3.75. The fourth-order valence-corrected chi connectivity index (χ4v) is 1.46. The van der Waals surface area contributed by atoms with E-state index in [2.05, 4.69) is 12.6 Å². The molecule has 12 heavy (non-hydrogen) atoms. The van der Waals surface area contributed by atoms with Crippen molar-refractivity contribution in [1.82, 2.24) is 0 Å². The molecule has 0 amide bonds. The molecule has 0 bridgehead atoms. The van der Waals surface area contributed by atoms with Crippen molar-refractivity contribution in [3.05, 3.63) is 29.3 Å². The van der Waals surface area contributed by atoms with Gasteiger partial charge in [0.05, 0.1) is 6.61 Å². The Morgan fingerprint density at radius 3 is 3.08 bits per heavy atom. The number of rotatable bonds is 1. The van der Waals surface area contributed by atoms with E-state index in [4.69, 9.17) is 4.74 Å². The van der Waals surface area contributed by atoms with Crippen LogP contribution in [0.5, 0.6) is 5.75 Å². The minimum absolute atomic E-state index is 0.190. The highest BCUT2D eigenvalue weighted by molar-refractivity contribution is 7.97. The van der Waals surface area contributed by atoms with Crippen LogP contribution in [0.2, 0.25) is 0 Å². The molecular weight excluding hydrogens is 172 g/mol. The molecule has 62 valence electrons. The molecule has 0 aromatic heterocycles. The van der Waals surface area contributed by atoms with Crippen molar-refractivity contribution in [1.29, 1.82) is 0 Å². The predicted molar refractivity (Wildman–Crippen MR) is 49.0 cm³/mol. The van der Waals surface area contributed by atoms with Crippen LogP contribution in [0.1, 0.15) is 15.9 Å². The van der Waals surface area contributed by atoms with E-state index in [-0.39, 0.29) is 5.12 Å². The molecule has 2 nitrogen and oxygen atoms in total. The molecule has 1 aliphatic rings. The van der Waals surface area contributed by atoms with E-state index >= 15 is 0 Å². The molecule has 0 radical (unpaired) electrons. The van der Waals surface area contributed by atoms with Crippen LogP contribution in [0.4, 0.5) is 0 Å². The van der Waals surface area contributed by atoms with E-state index in [0.717, 1.165) is 24.3 Å². The molecule has 1 aliphatic heterocycles. The van der Waals surface area contributed by atoms with Crippen LogP contribution in [0.3, 0.4) is 0 Å². The number of hydrogen-bond donors (Lipinski definition) is 1. The standard InChI is InChI=1S/C9H8O2S/c10-9(12)7-1-2-8-6(5-7)3-4-11-8/h1-2,5H,3-4H2,(H,10,12). The van der Waals surface area contributed by atoms with Gasteiger partial charge in [0.25, 0.3) is 0 Å². The molecule has 0 spiro atoms. The lowest BCUT2D eigenvalue weighted by Crippen LogP contribution is -1.89. The van der Waals surface area contributed by atoms with Crippen LogP contribution in [0, 0.1) is 0 Å². The van der Waals surface area contributed by atoms with Crippen molar-refractivity contribution in [2.45, 2.75) is 6.42 Å². The molecule has 0 fully saturated rings. The zero-order chi connectivity index (χ0) is 8.55. The Bertz CT molecular complexity index is 333. The zero-order valence-corrected chi connectivity index (χ0v) is 7.30. The van der Waals surface area contributed by atoms with Crippen molar-refractivity contribution in [3.63, 3.8) is 0 Å². The average Bonchev–Trinajstić information content (AvgIpc) is 2.49. The van der Waals surface area contributed by atoms with Gasteiger partial charge in [0.15, 0.2) is 0 Å². The van der Waals surface area contributed by atoms with Gasteiger partial charge in [0.1, 0.15) is 5.75 Å². The Morgan fingerprint density at radius 2 is 2.33 bits per heavy atom. The maximum Gasteiger partial charge on any atom is 0.216 e. The molecular formula is C9H8O2S. The predicted octanol–water partition coefficient (Wildman–Crippen LogP) is 1.69. The summed E-state index contributed by atoms with van der Waals surface area (Å²) in [6, 6.07) is 5.41. The maximum absolute atomic E-state index is 10.9. The number of fused-ring (bicyclic) bond motifs is 1. The number of ether oxygens (including phenoxy) is 1. The maximum atomic E-state index is 10.9. The SMILES string of the molecule is O=C(S)c1ccc2c(c1)CCO2. The molecule has 1 aromatic rings. The average molecular weight is 180 g/mol. The van der Waals surface area contributed by atoms with E-state index < -0.39 is 0 Å². The van der Waals surface area contributed by atoms with Gasteiger partial charge < -0.3 is 4.74 Å². The highest BCUT2D eigenvalue weighted by Gasteiger charge is 2.13. The molecule has 3 heteroatoms. The van der Waals surface area contributed by atoms with Gasteiger partial charge in [-0.15, -0.1) is 12.6 Å². The first kappa shape index (κ1) is 7.68. The third-order valence-electron chi connectivity index (χ3n) is 1.94. The second-order valence-corrected chi connectivity index (χ2v) is 3.13. The molecule has 0 saturated carbocycles. The number of thiol groups is 1. The van der Waals surface area contributed by atoms with Crippen LogP contribution >= 0.6 is 12.6 Å². The fourth-order valence-electron chi connectivity index (χ4n) is 1.32. The van der Waals surface area contributed by atoms with Gasteiger partial charge in [-0.3, -0.25) is 4.79 Å². The molecule has 1 heterocycles. The van der Waals surface area contributed by atoms with Gasteiger partial charge in [-0.25, -0.2) is 0 Å². The van der Waals surface area contributed by atoms with Gasteiger partial charge >= 0.3 is 0 Å². The fraction of sp³-hybridized carbons (Fsp3) is 0.222. The lowest BCUT2D eigenvalue weighted by atomic mass is 10.1. The molecule has 0 N–H and O–H groups in total. The third kappa shape index (κ3) is 1.20. The second kappa shape index (κ2) is 2.83. The number of carbonyl (C=O) groups is 1. The number of hydrogen-bond acceptors (Lipinski definition) is 2. The van der Waals surface area contributed by atoms with E-state index in [1.807, 2.05) is 12.1 Å². The number of carbonyl (C=O) groups excluding carboxylic acids is 1. The lowest BCUT2D eigenvalue weighted by molar-refractivity contribution is 0.109. The summed E-state index contributed by atoms with van der Waals surface area (Å²) in [5, 5.41) is -0.190. The monoisotopic (exact) mass is 180 g/mol. The van der Waals surface area contributed by atoms with E-state index in [0.29, 0.717) is 5.56 Å². The molecule has 0 aliphatic carbocycles. The summed E-state index contributed by atoms with van der Waals surface area (Å²) in [4.78, 5) is 10.9. The van der Waals surface area contributed by atoms with E-state index in [9.17, 15) is 4.79 Å². The molecule has 0 saturated heterocycles. The quantitative estimate of drug-likeness (QED) is 0.666. The van der Waals surface area contributed by atoms with Gasteiger partial charge in [0.2, 0.25) is 5.12 Å². The Morgan fingerprint density at radius 1 is 1.50 bits per heavy atom. The summed E-state index contributed by atoms with van der Waals surface area (Å²) in [6.45, 7) is 0.722. The normalized spacial score (nSPS) is 13.8. The smallest absolute Gasteiger partial charge is 0.216 e. The summed E-state index contributed by atoms with van der Waals surface area (Å²) in [6.07, 6.45) is 0.893. The first-order chi connectivity index (χ1) is 5.77. The van der Waals surface area contributed by atoms with Crippen LogP contribution in [-0.4, -0.2) is 11.7 Å². The second-order valence-electron chi connectivity index (χ2n) is 2.73. The van der Waals surface area contributed by atoms with Crippen LogP contribution in [0.15, 0.2) is 18.2 Å². The summed E-state index contributed by atoms with van der Waals surface area (Å²) in [5.74, 6) is 0.897. The highest BCUT2D eigenvalue weighted by Crippen LogP contribution is 2.26. The van der Waals surface area contributed by atoms with Gasteiger partial charge in [-0.05, 0) is 23.8 Å². The van der Waals surface area contributed by atoms with E-state index in [1.165, 1.54) is 0 Å². The summed E-state index contributed by atoms with van der Waals surface area (Å²) in [7, 11) is 0. The third-order valence-corrected chi connectivity index (χ3v) is 2.19. The van der Waals surface area contributed by atoms with E-state index in [1.54, 1.807) is 6.07 Å². The topological polar surface area (TPSA) is 26.3 Å². The Labute approximate surface area is 76.0 Å². The van der Waals surface area contributed by atoms with Crippen molar-refractivity contribution in [2.24, 2.45) is 0 Å².